The summed E-state index contributed by atoms with van der Waals surface area (Å²) in [4.78, 5) is 11.7. The fraction of sp³-hybridized carbons (Fsp3) is 0.950. The third-order valence-corrected chi connectivity index (χ3v) is 4.46. The number of hydrogen-bond acceptors (Lipinski definition) is 3. The summed E-state index contributed by atoms with van der Waals surface area (Å²) in [5, 5.41) is 3.48. The minimum atomic E-state index is -0.00697. The van der Waals surface area contributed by atoms with Gasteiger partial charge in [-0.05, 0) is 44.7 Å². The Labute approximate surface area is 144 Å². The van der Waals surface area contributed by atoms with E-state index in [2.05, 4.69) is 26.1 Å². The second-order valence-electron chi connectivity index (χ2n) is 6.72. The topological polar surface area (TPSA) is 38.3 Å². The van der Waals surface area contributed by atoms with Crippen molar-refractivity contribution < 1.29 is 9.53 Å². The van der Waals surface area contributed by atoms with E-state index in [1.54, 1.807) is 0 Å². The molecule has 0 heterocycles. The van der Waals surface area contributed by atoms with E-state index < -0.39 is 0 Å². The van der Waals surface area contributed by atoms with Crippen LogP contribution in [-0.2, 0) is 9.53 Å². The van der Waals surface area contributed by atoms with E-state index in [0.717, 1.165) is 38.8 Å². The van der Waals surface area contributed by atoms with Gasteiger partial charge >= 0.3 is 5.97 Å². The third-order valence-electron chi connectivity index (χ3n) is 4.46. The van der Waals surface area contributed by atoms with E-state index >= 15 is 0 Å². The molecule has 0 aromatic rings. The van der Waals surface area contributed by atoms with Gasteiger partial charge in [-0.3, -0.25) is 4.79 Å². The highest BCUT2D eigenvalue weighted by Gasteiger charge is 2.09. The zero-order valence-corrected chi connectivity index (χ0v) is 16.0. The van der Waals surface area contributed by atoms with Gasteiger partial charge in [0.05, 0.1) is 6.61 Å². The number of hydrogen-bond donors (Lipinski definition) is 1. The smallest absolute Gasteiger partial charge is 0.305 e. The number of nitrogens with one attached hydrogen (secondary N) is 1. The Morgan fingerprint density at radius 3 is 2.13 bits per heavy atom. The molecule has 0 aromatic heterocycles. The third kappa shape index (κ3) is 16.1. The SMILES string of the molecule is CCCCCCNCCCCCC(=O)OCC(CC)CCCC. The first-order chi connectivity index (χ1) is 11.2. The highest BCUT2D eigenvalue weighted by Crippen LogP contribution is 2.13. The van der Waals surface area contributed by atoms with Crippen LogP contribution >= 0.6 is 0 Å². The lowest BCUT2D eigenvalue weighted by Gasteiger charge is -2.14. The van der Waals surface area contributed by atoms with Crippen molar-refractivity contribution >= 4 is 5.97 Å². The molecule has 0 bridgehead atoms. The van der Waals surface area contributed by atoms with Crippen molar-refractivity contribution in [3.05, 3.63) is 0 Å². The summed E-state index contributed by atoms with van der Waals surface area (Å²) in [6, 6.07) is 0. The molecule has 1 atom stereocenters. The van der Waals surface area contributed by atoms with Gasteiger partial charge in [0.25, 0.3) is 0 Å². The second-order valence-corrected chi connectivity index (χ2v) is 6.72. The number of carbonyl (C=O) groups is 1. The average Bonchev–Trinajstić information content (AvgIpc) is 2.56. The first-order valence-corrected chi connectivity index (χ1v) is 10.1. The van der Waals surface area contributed by atoms with E-state index in [1.165, 1.54) is 44.9 Å². The normalized spacial score (nSPS) is 12.3. The van der Waals surface area contributed by atoms with Gasteiger partial charge in [-0.15, -0.1) is 0 Å². The van der Waals surface area contributed by atoms with Crippen LogP contribution < -0.4 is 5.32 Å². The molecule has 0 aliphatic rings. The largest absolute Gasteiger partial charge is 0.465 e. The molecule has 0 aliphatic carbocycles. The molecule has 138 valence electrons. The Hall–Kier alpha value is -0.570. The maximum atomic E-state index is 11.7. The molecule has 0 rings (SSSR count). The number of unbranched alkanes of at least 4 members (excludes halogenated alkanes) is 6. The number of ether oxygens (including phenoxy) is 1. The van der Waals surface area contributed by atoms with Crippen LogP contribution in [0.3, 0.4) is 0 Å². The van der Waals surface area contributed by atoms with Crippen LogP contribution in [0.5, 0.6) is 0 Å². The molecule has 1 N–H and O–H groups in total. The van der Waals surface area contributed by atoms with E-state index in [4.69, 9.17) is 4.74 Å². The molecule has 0 spiro atoms. The predicted octanol–water partition coefficient (Wildman–Crippen LogP) is 5.48. The summed E-state index contributed by atoms with van der Waals surface area (Å²) in [5.41, 5.74) is 0. The summed E-state index contributed by atoms with van der Waals surface area (Å²) in [5.74, 6) is 0.545. The van der Waals surface area contributed by atoms with Crippen LogP contribution in [0.4, 0.5) is 0 Å². The quantitative estimate of drug-likeness (QED) is 0.284. The highest BCUT2D eigenvalue weighted by molar-refractivity contribution is 5.69. The summed E-state index contributed by atoms with van der Waals surface area (Å²) in [6.07, 6.45) is 13.8. The summed E-state index contributed by atoms with van der Waals surface area (Å²) in [6.45, 7) is 9.47. The van der Waals surface area contributed by atoms with Gasteiger partial charge in [-0.1, -0.05) is 65.7 Å². The van der Waals surface area contributed by atoms with Crippen molar-refractivity contribution in [2.45, 2.75) is 97.8 Å². The number of esters is 1. The molecule has 23 heavy (non-hydrogen) atoms. The standard InChI is InChI=1S/C20H41NO2/c1-4-7-9-12-16-21-17-13-10-11-15-20(22)23-18-19(6-3)14-8-5-2/h19,21H,4-18H2,1-3H3. The van der Waals surface area contributed by atoms with Gasteiger partial charge in [-0.2, -0.15) is 0 Å². The molecule has 0 fully saturated rings. The first kappa shape index (κ1) is 22.4. The van der Waals surface area contributed by atoms with Crippen molar-refractivity contribution in [2.75, 3.05) is 19.7 Å². The Morgan fingerprint density at radius 2 is 1.52 bits per heavy atom. The van der Waals surface area contributed by atoms with Crippen LogP contribution in [-0.4, -0.2) is 25.7 Å². The zero-order chi connectivity index (χ0) is 17.2. The lowest BCUT2D eigenvalue weighted by atomic mass is 10.0. The lowest BCUT2D eigenvalue weighted by molar-refractivity contribution is -0.145. The van der Waals surface area contributed by atoms with Gasteiger partial charge in [0.2, 0.25) is 0 Å². The molecule has 3 nitrogen and oxygen atoms in total. The molecule has 0 radical (unpaired) electrons. The molecular formula is C20H41NO2. The number of rotatable bonds is 17. The van der Waals surface area contributed by atoms with E-state index in [0.29, 0.717) is 18.9 Å². The Kier molecular flexibility index (Phi) is 17.3. The van der Waals surface area contributed by atoms with Gasteiger partial charge in [-0.25, -0.2) is 0 Å². The Morgan fingerprint density at radius 1 is 0.870 bits per heavy atom. The Balaban J connectivity index is 3.36. The molecule has 0 aliphatic heterocycles. The van der Waals surface area contributed by atoms with Gasteiger partial charge in [0.15, 0.2) is 0 Å². The van der Waals surface area contributed by atoms with Gasteiger partial charge in [0.1, 0.15) is 0 Å². The highest BCUT2D eigenvalue weighted by atomic mass is 16.5. The molecule has 3 heteroatoms. The second kappa shape index (κ2) is 17.8. The minimum absolute atomic E-state index is 0.00697. The minimum Gasteiger partial charge on any atom is -0.465 e. The maximum absolute atomic E-state index is 11.7. The van der Waals surface area contributed by atoms with Crippen molar-refractivity contribution in [1.29, 1.82) is 0 Å². The van der Waals surface area contributed by atoms with E-state index in [1.807, 2.05) is 0 Å². The average molecular weight is 328 g/mol. The van der Waals surface area contributed by atoms with Crippen LogP contribution in [0.25, 0.3) is 0 Å². The monoisotopic (exact) mass is 327 g/mol. The lowest BCUT2D eigenvalue weighted by Crippen LogP contribution is -2.17. The maximum Gasteiger partial charge on any atom is 0.305 e. The van der Waals surface area contributed by atoms with Gasteiger partial charge in [0, 0.05) is 6.42 Å². The molecule has 0 aromatic carbocycles. The van der Waals surface area contributed by atoms with Crippen molar-refractivity contribution in [1.82, 2.24) is 5.32 Å². The fourth-order valence-corrected chi connectivity index (χ4v) is 2.68. The van der Waals surface area contributed by atoms with Crippen LogP contribution in [0.15, 0.2) is 0 Å². The predicted molar refractivity (Wildman–Crippen MR) is 99.7 cm³/mol. The van der Waals surface area contributed by atoms with E-state index in [9.17, 15) is 4.79 Å². The first-order valence-electron chi connectivity index (χ1n) is 10.1. The molecule has 0 saturated carbocycles. The van der Waals surface area contributed by atoms with Crippen LogP contribution in [0.2, 0.25) is 0 Å². The molecule has 1 unspecified atom stereocenters. The number of carbonyl (C=O) groups excluding carboxylic acids is 1. The Bertz CT molecular complexity index is 256. The van der Waals surface area contributed by atoms with Crippen molar-refractivity contribution in [3.8, 4) is 0 Å². The van der Waals surface area contributed by atoms with Gasteiger partial charge < -0.3 is 10.1 Å². The molecule has 0 saturated heterocycles. The zero-order valence-electron chi connectivity index (χ0n) is 16.0. The fourth-order valence-electron chi connectivity index (χ4n) is 2.68. The van der Waals surface area contributed by atoms with Crippen molar-refractivity contribution in [3.63, 3.8) is 0 Å². The van der Waals surface area contributed by atoms with Crippen LogP contribution in [0, 0.1) is 5.92 Å². The van der Waals surface area contributed by atoms with Crippen LogP contribution in [0.1, 0.15) is 97.8 Å². The molecular weight excluding hydrogens is 286 g/mol. The van der Waals surface area contributed by atoms with E-state index in [-0.39, 0.29) is 5.97 Å². The van der Waals surface area contributed by atoms with Crippen molar-refractivity contribution in [2.24, 2.45) is 5.92 Å². The summed E-state index contributed by atoms with van der Waals surface area (Å²) in [7, 11) is 0. The molecule has 0 amide bonds. The summed E-state index contributed by atoms with van der Waals surface area (Å²) >= 11 is 0. The summed E-state index contributed by atoms with van der Waals surface area (Å²) < 4.78 is 5.42.